The summed E-state index contributed by atoms with van der Waals surface area (Å²) in [5, 5.41) is 21.9. The molecule has 31 heavy (non-hydrogen) atoms. The van der Waals surface area contributed by atoms with Gasteiger partial charge in [-0.15, -0.1) is 25.2 Å². The summed E-state index contributed by atoms with van der Waals surface area (Å²) in [6.07, 6.45) is 0.497. The van der Waals surface area contributed by atoms with Crippen LogP contribution in [0.2, 0.25) is 5.02 Å². The van der Waals surface area contributed by atoms with Gasteiger partial charge in [-0.05, 0) is 42.8 Å². The van der Waals surface area contributed by atoms with E-state index in [4.69, 9.17) is 11.6 Å². The summed E-state index contributed by atoms with van der Waals surface area (Å²) in [4.78, 5) is 3.49. The van der Waals surface area contributed by atoms with Crippen LogP contribution in [0.15, 0.2) is 42.5 Å². The molecule has 1 aliphatic heterocycles. The van der Waals surface area contributed by atoms with Gasteiger partial charge in [0.05, 0.1) is 0 Å². The highest BCUT2D eigenvalue weighted by Crippen LogP contribution is 2.30. The van der Waals surface area contributed by atoms with E-state index in [1.54, 1.807) is 12.1 Å². The van der Waals surface area contributed by atoms with Crippen molar-refractivity contribution in [1.82, 2.24) is 35.0 Å². The molecule has 4 aromatic rings. The first kappa shape index (κ1) is 19.6. The van der Waals surface area contributed by atoms with Crippen LogP contribution in [0.4, 0.5) is 14.7 Å². The van der Waals surface area contributed by atoms with Crippen LogP contribution >= 0.6 is 11.6 Å². The Labute approximate surface area is 181 Å². The van der Waals surface area contributed by atoms with E-state index in [9.17, 15) is 8.78 Å². The fraction of sp³-hybridized carbons (Fsp3) is 0.250. The molecule has 8 nitrogen and oxygen atoms in total. The van der Waals surface area contributed by atoms with Gasteiger partial charge in [-0.2, -0.15) is 0 Å². The SMILES string of the molecule is CC(N1CCCn2c(-c3cc(F)cc(F)c3)nnc21)n1nnc(-c2cccc(Cl)c2)n1. The fourth-order valence-electron chi connectivity index (χ4n) is 3.71. The Morgan fingerprint density at radius 2 is 1.77 bits per heavy atom. The summed E-state index contributed by atoms with van der Waals surface area (Å²) >= 11 is 6.06. The molecular formula is C20H17ClF2N8. The van der Waals surface area contributed by atoms with Gasteiger partial charge in [0.15, 0.2) is 5.82 Å². The number of aromatic nitrogens is 7. The van der Waals surface area contributed by atoms with Gasteiger partial charge in [0.2, 0.25) is 11.8 Å². The maximum Gasteiger partial charge on any atom is 0.229 e. The van der Waals surface area contributed by atoms with Gasteiger partial charge in [0, 0.05) is 35.3 Å². The van der Waals surface area contributed by atoms with E-state index in [-0.39, 0.29) is 6.17 Å². The zero-order valence-electron chi connectivity index (χ0n) is 16.5. The minimum Gasteiger partial charge on any atom is -0.317 e. The Morgan fingerprint density at radius 3 is 2.55 bits per heavy atom. The van der Waals surface area contributed by atoms with E-state index < -0.39 is 11.6 Å². The smallest absolute Gasteiger partial charge is 0.229 e. The van der Waals surface area contributed by atoms with Gasteiger partial charge >= 0.3 is 0 Å². The van der Waals surface area contributed by atoms with Crippen LogP contribution in [0.1, 0.15) is 19.5 Å². The summed E-state index contributed by atoms with van der Waals surface area (Å²) < 4.78 is 29.3. The maximum atomic E-state index is 13.7. The number of rotatable bonds is 4. The molecule has 3 heterocycles. The lowest BCUT2D eigenvalue weighted by Gasteiger charge is -2.32. The molecule has 2 aromatic carbocycles. The number of halogens is 3. The molecule has 0 aliphatic carbocycles. The molecule has 0 saturated heterocycles. The van der Waals surface area contributed by atoms with Gasteiger partial charge in [-0.25, -0.2) is 8.78 Å². The third-order valence-corrected chi connectivity index (χ3v) is 5.42. The van der Waals surface area contributed by atoms with Crippen molar-refractivity contribution in [3.8, 4) is 22.8 Å². The highest BCUT2D eigenvalue weighted by molar-refractivity contribution is 6.30. The lowest BCUT2D eigenvalue weighted by molar-refractivity contribution is 0.376. The molecule has 0 saturated carbocycles. The maximum absolute atomic E-state index is 13.7. The van der Waals surface area contributed by atoms with E-state index in [1.165, 1.54) is 16.9 Å². The Hall–Kier alpha value is -3.40. The molecule has 5 rings (SSSR count). The number of nitrogens with zero attached hydrogens (tertiary/aromatic N) is 8. The van der Waals surface area contributed by atoms with E-state index in [0.717, 1.165) is 18.1 Å². The fourth-order valence-corrected chi connectivity index (χ4v) is 3.90. The summed E-state index contributed by atoms with van der Waals surface area (Å²) in [6.45, 7) is 3.26. The van der Waals surface area contributed by atoms with Crippen LogP contribution in [0.25, 0.3) is 22.8 Å². The van der Waals surface area contributed by atoms with Crippen LogP contribution in [0.3, 0.4) is 0 Å². The third kappa shape index (κ3) is 3.63. The molecule has 158 valence electrons. The predicted octanol–water partition coefficient (Wildman–Crippen LogP) is 3.96. The van der Waals surface area contributed by atoms with E-state index in [2.05, 4.69) is 25.6 Å². The van der Waals surface area contributed by atoms with Crippen molar-refractivity contribution >= 4 is 17.5 Å². The zero-order valence-corrected chi connectivity index (χ0v) is 17.2. The monoisotopic (exact) mass is 442 g/mol. The van der Waals surface area contributed by atoms with Crippen LogP contribution < -0.4 is 4.90 Å². The summed E-state index contributed by atoms with van der Waals surface area (Å²) in [7, 11) is 0. The molecule has 0 fully saturated rings. The van der Waals surface area contributed by atoms with Crippen LogP contribution in [0, 0.1) is 11.6 Å². The Bertz CT molecular complexity index is 1230. The second-order valence-electron chi connectivity index (χ2n) is 7.26. The lowest BCUT2D eigenvalue weighted by Crippen LogP contribution is -2.38. The van der Waals surface area contributed by atoms with Crippen molar-refractivity contribution in [1.29, 1.82) is 0 Å². The topological polar surface area (TPSA) is 77.5 Å². The quantitative estimate of drug-likeness (QED) is 0.476. The predicted molar refractivity (Wildman–Crippen MR) is 110 cm³/mol. The minimum absolute atomic E-state index is 0.305. The molecule has 2 aromatic heterocycles. The van der Waals surface area contributed by atoms with Crippen molar-refractivity contribution in [3.05, 3.63) is 59.1 Å². The molecule has 0 N–H and O–H groups in total. The number of tetrazole rings is 1. The normalized spacial score (nSPS) is 14.5. The second kappa shape index (κ2) is 7.69. The summed E-state index contributed by atoms with van der Waals surface area (Å²) in [5.41, 5.74) is 1.11. The second-order valence-corrected chi connectivity index (χ2v) is 7.69. The Balaban J connectivity index is 1.46. The van der Waals surface area contributed by atoms with Crippen LogP contribution in [0.5, 0.6) is 0 Å². The average molecular weight is 443 g/mol. The molecule has 1 atom stereocenters. The molecule has 0 bridgehead atoms. The van der Waals surface area contributed by atoms with Gasteiger partial charge in [0.1, 0.15) is 17.8 Å². The third-order valence-electron chi connectivity index (χ3n) is 5.19. The highest BCUT2D eigenvalue weighted by Gasteiger charge is 2.29. The standard InChI is InChI=1S/C20H17ClF2N8/c1-12(31-27-18(24-28-31)13-4-2-5-15(21)8-13)29-6-3-7-30-19(25-26-20(29)30)14-9-16(22)11-17(23)10-14/h2,4-5,8-12H,3,6-7H2,1H3. The van der Waals surface area contributed by atoms with Crippen LogP contribution in [-0.2, 0) is 6.54 Å². The van der Waals surface area contributed by atoms with Crippen molar-refractivity contribution in [2.24, 2.45) is 0 Å². The number of fused-ring (bicyclic) bond motifs is 1. The van der Waals surface area contributed by atoms with E-state index in [1.807, 2.05) is 28.5 Å². The Kier molecular flexibility index (Phi) is 4.85. The highest BCUT2D eigenvalue weighted by atomic mass is 35.5. The number of benzene rings is 2. The first-order valence-electron chi connectivity index (χ1n) is 9.71. The van der Waals surface area contributed by atoms with Gasteiger partial charge < -0.3 is 4.90 Å². The first-order valence-corrected chi connectivity index (χ1v) is 10.1. The largest absolute Gasteiger partial charge is 0.317 e. The van der Waals surface area contributed by atoms with E-state index in [0.29, 0.717) is 41.3 Å². The molecule has 1 unspecified atom stereocenters. The molecular weight excluding hydrogens is 426 g/mol. The van der Waals surface area contributed by atoms with E-state index >= 15 is 0 Å². The molecule has 0 amide bonds. The van der Waals surface area contributed by atoms with Gasteiger partial charge in [0.25, 0.3) is 0 Å². The van der Waals surface area contributed by atoms with Crippen molar-refractivity contribution in [2.45, 2.75) is 26.1 Å². The lowest BCUT2D eigenvalue weighted by atomic mass is 10.2. The molecule has 1 aliphatic rings. The number of hydrogen-bond acceptors (Lipinski definition) is 6. The minimum atomic E-state index is -0.659. The van der Waals surface area contributed by atoms with Crippen molar-refractivity contribution in [2.75, 3.05) is 11.4 Å². The summed E-state index contributed by atoms with van der Waals surface area (Å²) in [5.74, 6) is 0.141. The molecule has 11 heteroatoms. The van der Waals surface area contributed by atoms with Crippen LogP contribution in [-0.4, -0.2) is 41.5 Å². The molecule has 0 spiro atoms. The van der Waals surface area contributed by atoms with Gasteiger partial charge in [-0.1, -0.05) is 23.7 Å². The first-order chi connectivity index (χ1) is 15.0. The molecule has 0 radical (unpaired) electrons. The summed E-state index contributed by atoms with van der Waals surface area (Å²) in [6, 6.07) is 10.6. The average Bonchev–Trinajstić information content (AvgIpc) is 3.40. The van der Waals surface area contributed by atoms with Crippen molar-refractivity contribution < 1.29 is 8.78 Å². The number of anilines is 1. The van der Waals surface area contributed by atoms with Crippen molar-refractivity contribution in [3.63, 3.8) is 0 Å². The van der Waals surface area contributed by atoms with Gasteiger partial charge in [-0.3, -0.25) is 4.57 Å². The number of hydrogen-bond donors (Lipinski definition) is 0. The zero-order chi connectivity index (χ0) is 21.5. The Morgan fingerprint density at radius 1 is 0.968 bits per heavy atom.